The third-order valence-electron chi connectivity index (χ3n) is 4.08. The van der Waals surface area contributed by atoms with E-state index < -0.39 is 12.0 Å². The van der Waals surface area contributed by atoms with Crippen LogP contribution in [0, 0.1) is 0 Å². The molecule has 0 aromatic heterocycles. The van der Waals surface area contributed by atoms with E-state index in [1.165, 1.54) is 6.42 Å². The van der Waals surface area contributed by atoms with Crippen molar-refractivity contribution in [2.75, 3.05) is 13.1 Å². The van der Waals surface area contributed by atoms with Crippen LogP contribution < -0.4 is 0 Å². The molecule has 1 aliphatic heterocycles. The van der Waals surface area contributed by atoms with Crippen molar-refractivity contribution in [3.05, 3.63) is 48.0 Å². The minimum atomic E-state index is -0.748. The summed E-state index contributed by atoms with van der Waals surface area (Å²) >= 11 is 0. The van der Waals surface area contributed by atoms with E-state index in [1.54, 1.807) is 0 Å². The average molecular weight is 269 g/mol. The lowest BCUT2D eigenvalue weighted by Crippen LogP contribution is -2.37. The van der Waals surface area contributed by atoms with Crippen LogP contribution in [0.15, 0.2) is 42.5 Å². The van der Waals surface area contributed by atoms with Crippen molar-refractivity contribution in [3.63, 3.8) is 0 Å². The first-order chi connectivity index (χ1) is 9.75. The van der Waals surface area contributed by atoms with Crippen LogP contribution in [0.1, 0.15) is 30.9 Å². The number of nitrogens with zero attached hydrogens (tertiary/aromatic N) is 1. The van der Waals surface area contributed by atoms with Gasteiger partial charge in [0.15, 0.2) is 0 Å². The molecule has 0 aliphatic carbocycles. The van der Waals surface area contributed by atoms with Crippen LogP contribution in [-0.4, -0.2) is 29.1 Å². The highest BCUT2D eigenvalue weighted by Gasteiger charge is 2.28. The molecule has 0 radical (unpaired) electrons. The maximum atomic E-state index is 11.7. The number of carbonyl (C=O) groups is 1. The quantitative estimate of drug-likeness (QED) is 0.927. The van der Waals surface area contributed by atoms with Gasteiger partial charge in [-0.15, -0.1) is 0 Å². The van der Waals surface area contributed by atoms with Crippen molar-refractivity contribution in [2.24, 2.45) is 0 Å². The Morgan fingerprint density at radius 2 is 1.70 bits per heavy atom. The number of rotatable bonds is 3. The van der Waals surface area contributed by atoms with E-state index in [0.717, 1.165) is 42.3 Å². The number of benzene rings is 2. The van der Waals surface area contributed by atoms with Gasteiger partial charge in [0.1, 0.15) is 6.04 Å². The van der Waals surface area contributed by atoms with Crippen molar-refractivity contribution in [3.8, 4) is 0 Å². The van der Waals surface area contributed by atoms with Gasteiger partial charge in [-0.3, -0.25) is 9.69 Å². The Labute approximate surface area is 118 Å². The minimum absolute atomic E-state index is 0.514. The SMILES string of the molecule is O=C(O)C(c1ccc2ccccc2c1)N1CCCCC1. The maximum absolute atomic E-state index is 11.7. The lowest BCUT2D eigenvalue weighted by molar-refractivity contribution is -0.144. The molecule has 1 fully saturated rings. The third kappa shape index (κ3) is 2.54. The van der Waals surface area contributed by atoms with Crippen LogP contribution in [0.5, 0.6) is 0 Å². The first-order valence-electron chi connectivity index (χ1n) is 7.21. The normalized spacial score (nSPS) is 18.0. The van der Waals surface area contributed by atoms with Gasteiger partial charge in [0.2, 0.25) is 0 Å². The Kier molecular flexibility index (Phi) is 3.70. The van der Waals surface area contributed by atoms with E-state index in [1.807, 2.05) is 36.4 Å². The second-order valence-electron chi connectivity index (χ2n) is 5.44. The highest BCUT2D eigenvalue weighted by Crippen LogP contribution is 2.27. The molecule has 0 bridgehead atoms. The summed E-state index contributed by atoms with van der Waals surface area (Å²) in [6.45, 7) is 1.76. The number of hydrogen-bond donors (Lipinski definition) is 1. The van der Waals surface area contributed by atoms with Gasteiger partial charge in [-0.05, 0) is 48.3 Å². The first kappa shape index (κ1) is 13.1. The van der Waals surface area contributed by atoms with Crippen LogP contribution >= 0.6 is 0 Å². The molecule has 0 saturated carbocycles. The summed E-state index contributed by atoms with van der Waals surface area (Å²) in [5, 5.41) is 11.9. The number of fused-ring (bicyclic) bond motifs is 1. The Morgan fingerprint density at radius 3 is 2.40 bits per heavy atom. The number of carboxylic acid groups (broad SMARTS) is 1. The van der Waals surface area contributed by atoms with Gasteiger partial charge >= 0.3 is 5.97 Å². The van der Waals surface area contributed by atoms with Crippen LogP contribution in [0.25, 0.3) is 10.8 Å². The van der Waals surface area contributed by atoms with Gasteiger partial charge in [-0.2, -0.15) is 0 Å². The number of likely N-dealkylation sites (tertiary alicyclic amines) is 1. The fraction of sp³-hybridized carbons (Fsp3) is 0.353. The molecule has 1 aliphatic rings. The fourth-order valence-corrected chi connectivity index (χ4v) is 3.06. The summed E-state index contributed by atoms with van der Waals surface area (Å²) in [6, 6.07) is 13.6. The standard InChI is InChI=1S/C17H19NO2/c19-17(20)16(18-10-4-1-5-11-18)15-9-8-13-6-2-3-7-14(13)12-15/h2-3,6-9,12,16H,1,4-5,10-11H2,(H,19,20). The maximum Gasteiger partial charge on any atom is 0.325 e. The molecule has 1 saturated heterocycles. The molecule has 1 N–H and O–H groups in total. The first-order valence-corrected chi connectivity index (χ1v) is 7.21. The molecule has 1 heterocycles. The van der Waals surface area contributed by atoms with E-state index in [4.69, 9.17) is 0 Å². The number of piperidine rings is 1. The Hall–Kier alpha value is -1.87. The van der Waals surface area contributed by atoms with Gasteiger partial charge in [0.25, 0.3) is 0 Å². The fourth-order valence-electron chi connectivity index (χ4n) is 3.06. The zero-order chi connectivity index (χ0) is 13.9. The molecule has 1 unspecified atom stereocenters. The minimum Gasteiger partial charge on any atom is -0.480 e. The summed E-state index contributed by atoms with van der Waals surface area (Å²) in [6.07, 6.45) is 3.40. The second kappa shape index (κ2) is 5.63. The van der Waals surface area contributed by atoms with Gasteiger partial charge in [-0.25, -0.2) is 0 Å². The summed E-state index contributed by atoms with van der Waals surface area (Å²) in [4.78, 5) is 13.8. The Morgan fingerprint density at radius 1 is 1.00 bits per heavy atom. The Bertz CT molecular complexity index is 617. The van der Waals surface area contributed by atoms with Crippen molar-refractivity contribution in [1.29, 1.82) is 0 Å². The molecular weight excluding hydrogens is 250 g/mol. The number of aliphatic carboxylic acids is 1. The van der Waals surface area contributed by atoms with Crippen LogP contribution in [0.4, 0.5) is 0 Å². The van der Waals surface area contributed by atoms with Gasteiger partial charge in [-0.1, -0.05) is 42.8 Å². The molecule has 104 valence electrons. The van der Waals surface area contributed by atoms with E-state index in [0.29, 0.717) is 0 Å². The summed E-state index contributed by atoms with van der Waals surface area (Å²) in [5.74, 6) is -0.748. The van der Waals surface area contributed by atoms with Crippen LogP contribution in [0.2, 0.25) is 0 Å². The predicted octanol–water partition coefficient (Wildman–Crippen LogP) is 3.45. The van der Waals surface area contributed by atoms with Crippen LogP contribution in [-0.2, 0) is 4.79 Å². The molecular formula is C17H19NO2. The third-order valence-corrected chi connectivity index (χ3v) is 4.08. The highest BCUT2D eigenvalue weighted by molar-refractivity contribution is 5.85. The summed E-state index contributed by atoms with van der Waals surface area (Å²) in [5.41, 5.74) is 0.887. The lowest BCUT2D eigenvalue weighted by atomic mass is 9.99. The largest absolute Gasteiger partial charge is 0.480 e. The van der Waals surface area contributed by atoms with E-state index >= 15 is 0 Å². The van der Waals surface area contributed by atoms with Crippen molar-refractivity contribution in [1.82, 2.24) is 4.90 Å². The highest BCUT2D eigenvalue weighted by atomic mass is 16.4. The Balaban J connectivity index is 1.98. The van der Waals surface area contributed by atoms with Crippen molar-refractivity contribution in [2.45, 2.75) is 25.3 Å². The summed E-state index contributed by atoms with van der Waals surface area (Å²) in [7, 11) is 0. The average Bonchev–Trinajstić information content (AvgIpc) is 2.48. The molecule has 3 nitrogen and oxygen atoms in total. The van der Waals surface area contributed by atoms with E-state index in [-0.39, 0.29) is 0 Å². The van der Waals surface area contributed by atoms with Gasteiger partial charge in [0, 0.05) is 0 Å². The van der Waals surface area contributed by atoms with Gasteiger partial charge in [0.05, 0.1) is 0 Å². The zero-order valence-electron chi connectivity index (χ0n) is 11.5. The van der Waals surface area contributed by atoms with Gasteiger partial charge < -0.3 is 5.11 Å². The molecule has 2 aromatic carbocycles. The molecule has 2 aromatic rings. The van der Waals surface area contributed by atoms with Crippen LogP contribution in [0.3, 0.4) is 0 Å². The van der Waals surface area contributed by atoms with Crippen molar-refractivity contribution < 1.29 is 9.90 Å². The molecule has 0 spiro atoms. The molecule has 0 amide bonds. The topological polar surface area (TPSA) is 40.5 Å². The molecule has 3 rings (SSSR count). The smallest absolute Gasteiger partial charge is 0.325 e. The molecule has 20 heavy (non-hydrogen) atoms. The number of hydrogen-bond acceptors (Lipinski definition) is 2. The molecule has 1 atom stereocenters. The second-order valence-corrected chi connectivity index (χ2v) is 5.44. The zero-order valence-corrected chi connectivity index (χ0v) is 11.5. The van der Waals surface area contributed by atoms with E-state index in [2.05, 4.69) is 11.0 Å². The monoisotopic (exact) mass is 269 g/mol. The summed E-state index contributed by atoms with van der Waals surface area (Å²) < 4.78 is 0. The predicted molar refractivity (Wildman–Crippen MR) is 79.7 cm³/mol. The number of carboxylic acids is 1. The lowest BCUT2D eigenvalue weighted by Gasteiger charge is -2.32. The van der Waals surface area contributed by atoms with Crippen molar-refractivity contribution >= 4 is 16.7 Å². The van der Waals surface area contributed by atoms with E-state index in [9.17, 15) is 9.90 Å². The molecule has 3 heteroatoms.